The van der Waals surface area contributed by atoms with Crippen molar-refractivity contribution in [3.05, 3.63) is 35.9 Å². The molecule has 1 N–H and O–H groups in total. The molecule has 2 rings (SSSR count). The van der Waals surface area contributed by atoms with Crippen LogP contribution in [0.5, 0.6) is 0 Å². The number of hydrogen-bond donors (Lipinski definition) is 1. The Morgan fingerprint density at radius 3 is 2.71 bits per heavy atom. The molecular weight excluding hydrogens is 228 g/mol. The zero-order valence-corrected chi connectivity index (χ0v) is 10.7. The summed E-state index contributed by atoms with van der Waals surface area (Å²) in [6.07, 6.45) is 2.03. The maximum Gasteiger partial charge on any atom is 0.103 e. The minimum absolute atomic E-state index is 0.185. The van der Waals surface area contributed by atoms with Gasteiger partial charge in [-0.1, -0.05) is 49.5 Å². The van der Waals surface area contributed by atoms with E-state index in [0.29, 0.717) is 11.0 Å². The van der Waals surface area contributed by atoms with E-state index in [1.54, 1.807) is 0 Å². The highest BCUT2D eigenvalue weighted by Gasteiger charge is 2.34. The molecule has 1 heterocycles. The first-order valence-corrected chi connectivity index (χ1v) is 6.42. The normalized spacial score (nSPS) is 28.2. The van der Waals surface area contributed by atoms with Crippen LogP contribution in [0.15, 0.2) is 30.3 Å². The lowest BCUT2D eigenvalue weighted by Crippen LogP contribution is -2.45. The fourth-order valence-electron chi connectivity index (χ4n) is 2.42. The summed E-state index contributed by atoms with van der Waals surface area (Å²) in [4.78, 5) is 0.708. The molecule has 0 radical (unpaired) electrons. The summed E-state index contributed by atoms with van der Waals surface area (Å²) >= 11 is 5.31. The number of thiocarbonyl (C=S) groups is 1. The van der Waals surface area contributed by atoms with Gasteiger partial charge >= 0.3 is 0 Å². The van der Waals surface area contributed by atoms with Crippen molar-refractivity contribution in [3.63, 3.8) is 0 Å². The monoisotopic (exact) mass is 244 g/mol. The molecule has 1 aromatic rings. The second-order valence-electron chi connectivity index (χ2n) is 4.47. The maximum absolute atomic E-state index is 9.27. The van der Waals surface area contributed by atoms with E-state index >= 15 is 0 Å². The van der Waals surface area contributed by atoms with Gasteiger partial charge in [0.05, 0.1) is 11.1 Å². The van der Waals surface area contributed by atoms with E-state index in [-0.39, 0.29) is 11.8 Å². The van der Waals surface area contributed by atoms with Crippen LogP contribution >= 0.6 is 12.2 Å². The smallest absolute Gasteiger partial charge is 0.103 e. The molecule has 1 saturated heterocycles. The number of benzene rings is 1. The summed E-state index contributed by atoms with van der Waals surface area (Å²) in [5.74, 6) is 0.0510. The van der Waals surface area contributed by atoms with Crippen LogP contribution in [-0.2, 0) is 0 Å². The van der Waals surface area contributed by atoms with E-state index in [0.717, 1.165) is 12.8 Å². The molecule has 17 heavy (non-hydrogen) atoms. The highest BCUT2D eigenvalue weighted by molar-refractivity contribution is 7.80. The average molecular weight is 244 g/mol. The van der Waals surface area contributed by atoms with Crippen molar-refractivity contribution < 1.29 is 0 Å². The van der Waals surface area contributed by atoms with Gasteiger partial charge in [-0.25, -0.2) is 0 Å². The Kier molecular flexibility index (Phi) is 3.75. The van der Waals surface area contributed by atoms with E-state index in [4.69, 9.17) is 12.2 Å². The van der Waals surface area contributed by atoms with Crippen molar-refractivity contribution >= 4 is 17.2 Å². The molecule has 3 atom stereocenters. The molecule has 0 spiro atoms. The van der Waals surface area contributed by atoms with E-state index in [1.807, 2.05) is 18.2 Å². The molecule has 0 amide bonds. The Morgan fingerprint density at radius 1 is 1.41 bits per heavy atom. The summed E-state index contributed by atoms with van der Waals surface area (Å²) < 4.78 is 0. The topological polar surface area (TPSA) is 35.8 Å². The van der Waals surface area contributed by atoms with E-state index < -0.39 is 0 Å². The molecule has 1 fully saturated rings. The summed E-state index contributed by atoms with van der Waals surface area (Å²) in [7, 11) is 0. The molecule has 1 aliphatic rings. The molecule has 2 nitrogen and oxygen atoms in total. The number of nitrogens with zero attached hydrogens (tertiary/aromatic N) is 1. The molecule has 0 aromatic heterocycles. The van der Waals surface area contributed by atoms with Gasteiger partial charge in [-0.2, -0.15) is 5.26 Å². The molecule has 1 aromatic carbocycles. The summed E-state index contributed by atoms with van der Waals surface area (Å²) in [5, 5.41) is 12.6. The van der Waals surface area contributed by atoms with Crippen molar-refractivity contribution in [1.82, 2.24) is 5.32 Å². The van der Waals surface area contributed by atoms with Gasteiger partial charge in [-0.15, -0.1) is 0 Å². The molecule has 3 heteroatoms. The van der Waals surface area contributed by atoms with Crippen LogP contribution in [-0.4, -0.2) is 11.0 Å². The van der Waals surface area contributed by atoms with E-state index in [2.05, 4.69) is 30.4 Å². The summed E-state index contributed by atoms with van der Waals surface area (Å²) in [5.41, 5.74) is 1.22. The quantitative estimate of drug-likeness (QED) is 0.812. The van der Waals surface area contributed by atoms with Crippen LogP contribution in [0.1, 0.15) is 31.2 Å². The fraction of sp³-hybridized carbons (Fsp3) is 0.429. The van der Waals surface area contributed by atoms with Crippen molar-refractivity contribution in [2.45, 2.75) is 31.7 Å². The molecule has 0 saturated carbocycles. The molecule has 0 bridgehead atoms. The maximum atomic E-state index is 9.27. The lowest BCUT2D eigenvalue weighted by molar-refractivity contribution is 0.418. The largest absolute Gasteiger partial charge is 0.376 e. The molecular formula is C14H16N2S. The first-order valence-electron chi connectivity index (χ1n) is 6.01. The highest BCUT2D eigenvalue weighted by atomic mass is 32.1. The first-order chi connectivity index (χ1) is 8.26. The second kappa shape index (κ2) is 5.29. The van der Waals surface area contributed by atoms with Gasteiger partial charge in [0, 0.05) is 12.0 Å². The number of piperidine rings is 1. The third-order valence-electron chi connectivity index (χ3n) is 3.43. The van der Waals surface area contributed by atoms with Gasteiger partial charge in [0.2, 0.25) is 0 Å². The van der Waals surface area contributed by atoms with Crippen LogP contribution < -0.4 is 5.32 Å². The van der Waals surface area contributed by atoms with Crippen molar-refractivity contribution in [1.29, 1.82) is 5.26 Å². The number of rotatable bonds is 2. The Balaban J connectivity index is 2.29. The predicted molar refractivity (Wildman–Crippen MR) is 72.7 cm³/mol. The van der Waals surface area contributed by atoms with Crippen LogP contribution in [0, 0.1) is 17.2 Å². The SMILES string of the molecule is CCC1CC(c2ccccc2)C(C#N)C(=S)N1. The van der Waals surface area contributed by atoms with Crippen molar-refractivity contribution in [3.8, 4) is 6.07 Å². The Labute approximate surface area is 108 Å². The third-order valence-corrected chi connectivity index (χ3v) is 3.80. The predicted octanol–water partition coefficient (Wildman–Crippen LogP) is 3.01. The van der Waals surface area contributed by atoms with Crippen molar-refractivity contribution in [2.24, 2.45) is 5.92 Å². The van der Waals surface area contributed by atoms with Crippen LogP contribution in [0.2, 0.25) is 0 Å². The van der Waals surface area contributed by atoms with Gasteiger partial charge in [0.25, 0.3) is 0 Å². The Morgan fingerprint density at radius 2 is 2.12 bits per heavy atom. The number of nitrogens with one attached hydrogen (secondary N) is 1. The van der Waals surface area contributed by atoms with Gasteiger partial charge in [0.1, 0.15) is 5.92 Å². The lowest BCUT2D eigenvalue weighted by atomic mass is 9.78. The minimum Gasteiger partial charge on any atom is -0.376 e. The summed E-state index contributed by atoms with van der Waals surface area (Å²) in [6.45, 7) is 2.15. The molecule has 0 aliphatic carbocycles. The first kappa shape index (κ1) is 12.1. The fourth-order valence-corrected chi connectivity index (χ4v) is 2.80. The Bertz CT molecular complexity index is 435. The zero-order chi connectivity index (χ0) is 12.3. The number of hydrogen-bond acceptors (Lipinski definition) is 2. The van der Waals surface area contributed by atoms with E-state index in [1.165, 1.54) is 5.56 Å². The standard InChI is InChI=1S/C14H16N2S/c1-2-11-8-12(10-6-4-3-5-7-10)13(9-15)14(17)16-11/h3-7,11-13H,2,8H2,1H3,(H,16,17). The minimum atomic E-state index is -0.185. The summed E-state index contributed by atoms with van der Waals surface area (Å²) in [6, 6.07) is 13.0. The van der Waals surface area contributed by atoms with Crippen LogP contribution in [0.3, 0.4) is 0 Å². The van der Waals surface area contributed by atoms with Crippen LogP contribution in [0.25, 0.3) is 0 Å². The highest BCUT2D eigenvalue weighted by Crippen LogP contribution is 2.33. The van der Waals surface area contributed by atoms with Crippen molar-refractivity contribution in [2.75, 3.05) is 0 Å². The van der Waals surface area contributed by atoms with E-state index in [9.17, 15) is 5.26 Å². The zero-order valence-electron chi connectivity index (χ0n) is 9.89. The molecule has 3 unspecified atom stereocenters. The number of nitriles is 1. The lowest BCUT2D eigenvalue weighted by Gasteiger charge is -2.34. The van der Waals surface area contributed by atoms with Crippen LogP contribution in [0.4, 0.5) is 0 Å². The molecule has 88 valence electrons. The Hall–Kier alpha value is -1.40. The van der Waals surface area contributed by atoms with Gasteiger partial charge in [-0.05, 0) is 18.4 Å². The van der Waals surface area contributed by atoms with Gasteiger partial charge < -0.3 is 5.32 Å². The van der Waals surface area contributed by atoms with Gasteiger partial charge in [-0.3, -0.25) is 0 Å². The second-order valence-corrected chi connectivity index (χ2v) is 4.91. The average Bonchev–Trinajstić information content (AvgIpc) is 2.38. The third kappa shape index (κ3) is 2.48. The molecule has 1 aliphatic heterocycles. The van der Waals surface area contributed by atoms with Gasteiger partial charge in [0.15, 0.2) is 0 Å².